The standard InChI is InChI=1S/C18H25BrN2O2/c1-13-9-10-15(11-17(13)19)20-18(23)12-21(14(2)22)16-7-5-3-4-6-8-16/h9-11,16H,3-8,12H2,1-2H3,(H,20,23). The number of carbonyl (C=O) groups is 2. The normalized spacial score (nSPS) is 15.8. The van der Waals surface area contributed by atoms with Crippen LogP contribution in [0.3, 0.4) is 0 Å². The van der Waals surface area contributed by atoms with Crippen molar-refractivity contribution >= 4 is 33.4 Å². The van der Waals surface area contributed by atoms with Gasteiger partial charge >= 0.3 is 0 Å². The SMILES string of the molecule is CC(=O)N(CC(=O)Nc1ccc(C)c(Br)c1)C1CCCCCC1. The number of anilines is 1. The van der Waals surface area contributed by atoms with Crippen molar-refractivity contribution < 1.29 is 9.59 Å². The van der Waals surface area contributed by atoms with Crippen molar-refractivity contribution in [2.45, 2.75) is 58.4 Å². The van der Waals surface area contributed by atoms with Crippen LogP contribution in [0.1, 0.15) is 51.0 Å². The fourth-order valence-corrected chi connectivity index (χ4v) is 3.47. The average molecular weight is 381 g/mol. The Hall–Kier alpha value is -1.36. The van der Waals surface area contributed by atoms with E-state index >= 15 is 0 Å². The van der Waals surface area contributed by atoms with E-state index in [0.717, 1.165) is 41.4 Å². The second-order valence-electron chi connectivity index (χ2n) is 6.30. The molecule has 0 heterocycles. The molecular formula is C18H25BrN2O2. The van der Waals surface area contributed by atoms with Crippen LogP contribution in [0.2, 0.25) is 0 Å². The summed E-state index contributed by atoms with van der Waals surface area (Å²) in [5.74, 6) is -0.155. The summed E-state index contributed by atoms with van der Waals surface area (Å²) in [7, 11) is 0. The van der Waals surface area contributed by atoms with Crippen LogP contribution in [0.25, 0.3) is 0 Å². The number of hydrogen-bond acceptors (Lipinski definition) is 2. The molecule has 0 spiro atoms. The Morgan fingerprint density at radius 1 is 1.22 bits per heavy atom. The van der Waals surface area contributed by atoms with Gasteiger partial charge in [0.25, 0.3) is 0 Å². The zero-order chi connectivity index (χ0) is 16.8. The van der Waals surface area contributed by atoms with Crippen LogP contribution in [-0.4, -0.2) is 29.3 Å². The van der Waals surface area contributed by atoms with Gasteiger partial charge in [-0.3, -0.25) is 9.59 Å². The Morgan fingerprint density at radius 2 is 1.87 bits per heavy atom. The van der Waals surface area contributed by atoms with E-state index in [-0.39, 0.29) is 24.4 Å². The molecule has 126 valence electrons. The summed E-state index contributed by atoms with van der Waals surface area (Å²) in [6.45, 7) is 3.69. The first-order chi connectivity index (χ1) is 11.0. The van der Waals surface area contributed by atoms with E-state index < -0.39 is 0 Å². The third-order valence-corrected chi connectivity index (χ3v) is 5.29. The Kier molecular flexibility index (Phi) is 6.63. The van der Waals surface area contributed by atoms with Crippen molar-refractivity contribution in [1.29, 1.82) is 0 Å². The third-order valence-electron chi connectivity index (χ3n) is 4.44. The van der Waals surface area contributed by atoms with Crippen LogP contribution in [-0.2, 0) is 9.59 Å². The minimum Gasteiger partial charge on any atom is -0.331 e. The monoisotopic (exact) mass is 380 g/mol. The van der Waals surface area contributed by atoms with Gasteiger partial charge in [0.1, 0.15) is 6.54 Å². The molecule has 1 aliphatic rings. The lowest BCUT2D eigenvalue weighted by Crippen LogP contribution is -2.43. The molecule has 1 aliphatic carbocycles. The van der Waals surface area contributed by atoms with Crippen LogP contribution < -0.4 is 5.32 Å². The molecule has 0 radical (unpaired) electrons. The summed E-state index contributed by atoms with van der Waals surface area (Å²) in [6, 6.07) is 5.91. The highest BCUT2D eigenvalue weighted by molar-refractivity contribution is 9.10. The summed E-state index contributed by atoms with van der Waals surface area (Å²) in [5.41, 5.74) is 1.86. The van der Waals surface area contributed by atoms with E-state index in [1.54, 1.807) is 11.8 Å². The summed E-state index contributed by atoms with van der Waals surface area (Å²) in [5, 5.41) is 2.89. The van der Waals surface area contributed by atoms with Crippen molar-refractivity contribution in [3.05, 3.63) is 28.2 Å². The number of carbonyl (C=O) groups excluding carboxylic acids is 2. The number of benzene rings is 1. The minimum absolute atomic E-state index is 0.0165. The molecule has 4 nitrogen and oxygen atoms in total. The van der Waals surface area contributed by atoms with Gasteiger partial charge in [-0.1, -0.05) is 47.7 Å². The molecule has 2 amide bonds. The predicted octanol–water partition coefficient (Wildman–Crippen LogP) is 4.27. The van der Waals surface area contributed by atoms with Gasteiger partial charge in [0.15, 0.2) is 0 Å². The molecule has 0 bridgehead atoms. The topological polar surface area (TPSA) is 49.4 Å². The quantitative estimate of drug-likeness (QED) is 0.792. The second kappa shape index (κ2) is 8.48. The van der Waals surface area contributed by atoms with E-state index in [0.29, 0.717) is 0 Å². The van der Waals surface area contributed by atoms with Crippen LogP contribution in [0, 0.1) is 6.92 Å². The van der Waals surface area contributed by atoms with Crippen molar-refractivity contribution in [1.82, 2.24) is 4.90 Å². The minimum atomic E-state index is -0.139. The number of hydrogen-bond donors (Lipinski definition) is 1. The molecule has 1 aromatic carbocycles. The molecule has 1 N–H and O–H groups in total. The highest BCUT2D eigenvalue weighted by Crippen LogP contribution is 2.23. The van der Waals surface area contributed by atoms with Crippen molar-refractivity contribution in [3.8, 4) is 0 Å². The number of aryl methyl sites for hydroxylation is 1. The molecule has 1 saturated carbocycles. The number of rotatable bonds is 4. The zero-order valence-corrected chi connectivity index (χ0v) is 15.5. The number of nitrogens with one attached hydrogen (secondary N) is 1. The molecule has 0 atom stereocenters. The maximum atomic E-state index is 12.3. The van der Waals surface area contributed by atoms with E-state index in [4.69, 9.17) is 0 Å². The first kappa shape index (κ1) is 18.0. The maximum Gasteiger partial charge on any atom is 0.244 e. The Labute approximate surface area is 146 Å². The molecule has 1 fully saturated rings. The highest BCUT2D eigenvalue weighted by atomic mass is 79.9. The van der Waals surface area contributed by atoms with Gasteiger partial charge in [-0.2, -0.15) is 0 Å². The molecular weight excluding hydrogens is 356 g/mol. The molecule has 2 rings (SSSR count). The smallest absolute Gasteiger partial charge is 0.244 e. The van der Waals surface area contributed by atoms with Gasteiger partial charge in [-0.05, 0) is 37.5 Å². The molecule has 0 aromatic heterocycles. The van der Waals surface area contributed by atoms with Crippen molar-refractivity contribution in [3.63, 3.8) is 0 Å². The van der Waals surface area contributed by atoms with Crippen molar-refractivity contribution in [2.24, 2.45) is 0 Å². The van der Waals surface area contributed by atoms with Crippen LogP contribution in [0.15, 0.2) is 22.7 Å². The predicted molar refractivity (Wildman–Crippen MR) is 96.4 cm³/mol. The van der Waals surface area contributed by atoms with Gasteiger partial charge in [0.05, 0.1) is 0 Å². The fourth-order valence-electron chi connectivity index (χ4n) is 3.09. The number of nitrogens with zero attached hydrogens (tertiary/aromatic N) is 1. The van der Waals surface area contributed by atoms with Gasteiger partial charge in [-0.25, -0.2) is 0 Å². The molecule has 1 aromatic rings. The van der Waals surface area contributed by atoms with Gasteiger partial charge in [-0.15, -0.1) is 0 Å². The molecule has 0 unspecified atom stereocenters. The summed E-state index contributed by atoms with van der Waals surface area (Å²) < 4.78 is 0.961. The Balaban J connectivity index is 1.99. The van der Waals surface area contributed by atoms with E-state index in [9.17, 15) is 9.59 Å². The third kappa shape index (κ3) is 5.34. The summed E-state index contributed by atoms with van der Waals surface area (Å²) in [4.78, 5) is 26.1. The first-order valence-electron chi connectivity index (χ1n) is 8.30. The molecule has 0 saturated heterocycles. The van der Waals surface area contributed by atoms with Gasteiger partial charge in [0.2, 0.25) is 11.8 Å². The van der Waals surface area contributed by atoms with Gasteiger partial charge in [0, 0.05) is 23.1 Å². The lowest BCUT2D eigenvalue weighted by atomic mass is 10.1. The van der Waals surface area contributed by atoms with Crippen LogP contribution in [0.4, 0.5) is 5.69 Å². The summed E-state index contributed by atoms with van der Waals surface area (Å²) in [6.07, 6.45) is 6.74. The van der Waals surface area contributed by atoms with E-state index in [2.05, 4.69) is 21.2 Å². The molecule has 23 heavy (non-hydrogen) atoms. The Morgan fingerprint density at radius 3 is 2.43 bits per heavy atom. The average Bonchev–Trinajstić information content (AvgIpc) is 2.77. The lowest BCUT2D eigenvalue weighted by molar-refractivity contribution is -0.135. The molecule has 0 aliphatic heterocycles. The van der Waals surface area contributed by atoms with E-state index in [1.807, 2.05) is 25.1 Å². The second-order valence-corrected chi connectivity index (χ2v) is 7.16. The number of amides is 2. The first-order valence-corrected chi connectivity index (χ1v) is 9.10. The molecule has 5 heteroatoms. The largest absolute Gasteiger partial charge is 0.331 e. The fraction of sp³-hybridized carbons (Fsp3) is 0.556. The number of halogens is 1. The van der Waals surface area contributed by atoms with E-state index in [1.165, 1.54) is 12.8 Å². The van der Waals surface area contributed by atoms with Crippen LogP contribution >= 0.6 is 15.9 Å². The maximum absolute atomic E-state index is 12.3. The van der Waals surface area contributed by atoms with Gasteiger partial charge < -0.3 is 10.2 Å². The highest BCUT2D eigenvalue weighted by Gasteiger charge is 2.24. The Bertz CT molecular complexity index is 566. The lowest BCUT2D eigenvalue weighted by Gasteiger charge is -2.29. The van der Waals surface area contributed by atoms with Crippen LogP contribution in [0.5, 0.6) is 0 Å². The van der Waals surface area contributed by atoms with Crippen molar-refractivity contribution in [2.75, 3.05) is 11.9 Å². The zero-order valence-electron chi connectivity index (χ0n) is 13.9. The summed E-state index contributed by atoms with van der Waals surface area (Å²) >= 11 is 3.47.